The van der Waals surface area contributed by atoms with Crippen LogP contribution in [0, 0.1) is 0 Å². The van der Waals surface area contributed by atoms with Crippen LogP contribution in [0.15, 0.2) is 48.5 Å². The first-order valence-electron chi connectivity index (χ1n) is 7.81. The molecule has 2 rings (SSSR count). The summed E-state index contributed by atoms with van der Waals surface area (Å²) in [5, 5.41) is 4.80. The minimum Gasteiger partial charge on any atom is -0.494 e. The van der Waals surface area contributed by atoms with Gasteiger partial charge in [-0.1, -0.05) is 11.6 Å². The number of carbonyl (C=O) groups is 2. The molecular weight excluding hydrogens is 394 g/mol. The molecule has 4 amide bonds. The zero-order valence-corrected chi connectivity index (χ0v) is 16.2. The van der Waals surface area contributed by atoms with E-state index in [-0.39, 0.29) is 5.69 Å². The molecule has 0 aliphatic rings. The first kappa shape index (κ1) is 20.5. The van der Waals surface area contributed by atoms with Crippen LogP contribution in [0.2, 0.25) is 5.02 Å². The normalized spacial score (nSPS) is 10.8. The molecule has 0 saturated carbocycles. The monoisotopic (exact) mass is 411 g/mol. The highest BCUT2D eigenvalue weighted by molar-refractivity contribution is 7.92. The van der Waals surface area contributed by atoms with Gasteiger partial charge in [-0.15, -0.1) is 0 Å². The second kappa shape index (κ2) is 8.74. The molecule has 0 aliphatic heterocycles. The van der Waals surface area contributed by atoms with E-state index in [0.29, 0.717) is 27.4 Å². The SMILES string of the molecule is CCOc1ccc(NC(=O)NC(=O)N(c2ccc(Cl)cc2)S(C)(=O)=O)cc1. The Morgan fingerprint density at radius 3 is 2.19 bits per heavy atom. The fourth-order valence-electron chi connectivity index (χ4n) is 2.15. The number of urea groups is 2. The molecule has 2 aromatic carbocycles. The van der Waals surface area contributed by atoms with Crippen molar-refractivity contribution in [3.05, 3.63) is 53.6 Å². The largest absolute Gasteiger partial charge is 0.494 e. The molecule has 27 heavy (non-hydrogen) atoms. The molecule has 0 spiro atoms. The quantitative estimate of drug-likeness (QED) is 0.784. The fourth-order valence-corrected chi connectivity index (χ4v) is 3.12. The van der Waals surface area contributed by atoms with Gasteiger partial charge >= 0.3 is 12.1 Å². The third-order valence-electron chi connectivity index (χ3n) is 3.22. The Morgan fingerprint density at radius 1 is 1.07 bits per heavy atom. The molecule has 2 N–H and O–H groups in total. The zero-order valence-electron chi connectivity index (χ0n) is 14.6. The number of amides is 4. The number of halogens is 1. The molecule has 0 unspecified atom stereocenters. The van der Waals surface area contributed by atoms with Crippen molar-refractivity contribution in [1.29, 1.82) is 0 Å². The van der Waals surface area contributed by atoms with E-state index in [1.54, 1.807) is 24.3 Å². The average Bonchev–Trinajstić information content (AvgIpc) is 2.57. The highest BCUT2D eigenvalue weighted by Gasteiger charge is 2.26. The van der Waals surface area contributed by atoms with Crippen LogP contribution in [0.1, 0.15) is 6.92 Å². The maximum absolute atomic E-state index is 12.3. The topological polar surface area (TPSA) is 105 Å². The fraction of sp³-hybridized carbons (Fsp3) is 0.176. The van der Waals surface area contributed by atoms with Crippen molar-refractivity contribution in [3.8, 4) is 5.75 Å². The van der Waals surface area contributed by atoms with Crippen LogP contribution in [0.5, 0.6) is 5.75 Å². The van der Waals surface area contributed by atoms with Gasteiger partial charge in [-0.2, -0.15) is 4.31 Å². The number of ether oxygens (including phenoxy) is 1. The summed E-state index contributed by atoms with van der Waals surface area (Å²) < 4.78 is 29.7. The zero-order chi connectivity index (χ0) is 20.0. The third-order valence-corrected chi connectivity index (χ3v) is 4.51. The Balaban J connectivity index is 2.10. The predicted octanol–water partition coefficient (Wildman–Crippen LogP) is 3.45. The number of rotatable bonds is 5. The molecule has 2 aromatic rings. The van der Waals surface area contributed by atoms with E-state index in [0.717, 1.165) is 6.26 Å². The van der Waals surface area contributed by atoms with E-state index in [4.69, 9.17) is 16.3 Å². The van der Waals surface area contributed by atoms with Gasteiger partial charge in [0.05, 0.1) is 18.6 Å². The van der Waals surface area contributed by atoms with Gasteiger partial charge in [-0.3, -0.25) is 5.32 Å². The molecule has 10 heteroatoms. The van der Waals surface area contributed by atoms with Crippen LogP contribution in [-0.2, 0) is 10.0 Å². The molecule has 0 saturated heterocycles. The third kappa shape index (κ3) is 5.87. The highest BCUT2D eigenvalue weighted by atomic mass is 35.5. The number of carbonyl (C=O) groups excluding carboxylic acids is 2. The van der Waals surface area contributed by atoms with Crippen LogP contribution in [0.3, 0.4) is 0 Å². The molecule has 0 radical (unpaired) electrons. The maximum atomic E-state index is 12.3. The summed E-state index contributed by atoms with van der Waals surface area (Å²) in [6.45, 7) is 2.35. The number of sulfonamides is 1. The van der Waals surface area contributed by atoms with Gasteiger partial charge in [0.1, 0.15) is 5.75 Å². The van der Waals surface area contributed by atoms with Gasteiger partial charge in [0.15, 0.2) is 0 Å². The molecule has 0 atom stereocenters. The number of nitrogens with zero attached hydrogens (tertiary/aromatic N) is 1. The molecule has 0 fully saturated rings. The van der Waals surface area contributed by atoms with Crippen molar-refractivity contribution in [2.24, 2.45) is 0 Å². The number of benzene rings is 2. The van der Waals surface area contributed by atoms with E-state index in [1.807, 2.05) is 12.2 Å². The number of hydrogen-bond donors (Lipinski definition) is 2. The van der Waals surface area contributed by atoms with Crippen LogP contribution in [0.4, 0.5) is 21.0 Å². The van der Waals surface area contributed by atoms with Crippen molar-refractivity contribution < 1.29 is 22.7 Å². The lowest BCUT2D eigenvalue weighted by molar-refractivity contribution is 0.238. The smallest absolute Gasteiger partial charge is 0.343 e. The molecule has 0 aliphatic carbocycles. The minimum atomic E-state index is -3.98. The van der Waals surface area contributed by atoms with Crippen LogP contribution < -0.4 is 19.7 Å². The Morgan fingerprint density at radius 2 is 1.67 bits per heavy atom. The van der Waals surface area contributed by atoms with E-state index < -0.39 is 22.1 Å². The maximum Gasteiger partial charge on any atom is 0.343 e. The summed E-state index contributed by atoms with van der Waals surface area (Å²) in [6, 6.07) is 10.0. The predicted molar refractivity (Wildman–Crippen MR) is 104 cm³/mol. The molecule has 8 nitrogen and oxygen atoms in total. The lowest BCUT2D eigenvalue weighted by Gasteiger charge is -2.20. The summed E-state index contributed by atoms with van der Waals surface area (Å²) in [4.78, 5) is 24.4. The highest BCUT2D eigenvalue weighted by Crippen LogP contribution is 2.21. The van der Waals surface area contributed by atoms with Gasteiger partial charge in [-0.05, 0) is 55.5 Å². The lowest BCUT2D eigenvalue weighted by atomic mass is 10.3. The first-order chi connectivity index (χ1) is 12.7. The molecule has 0 heterocycles. The van der Waals surface area contributed by atoms with Crippen LogP contribution in [0.25, 0.3) is 0 Å². The second-order valence-electron chi connectivity index (χ2n) is 5.35. The lowest BCUT2D eigenvalue weighted by Crippen LogP contribution is -2.47. The Bertz CT molecular complexity index is 915. The van der Waals surface area contributed by atoms with Crippen molar-refractivity contribution in [2.45, 2.75) is 6.92 Å². The van der Waals surface area contributed by atoms with E-state index in [1.165, 1.54) is 24.3 Å². The summed E-state index contributed by atoms with van der Waals surface area (Å²) in [5.41, 5.74) is 0.453. The molecule has 0 aromatic heterocycles. The summed E-state index contributed by atoms with van der Waals surface area (Å²) >= 11 is 5.77. The Kier molecular flexibility index (Phi) is 6.65. The summed E-state index contributed by atoms with van der Waals surface area (Å²) in [5.74, 6) is 0.630. The molecular formula is C17H18ClN3O5S. The number of anilines is 2. The van der Waals surface area contributed by atoms with Crippen molar-refractivity contribution in [1.82, 2.24) is 5.32 Å². The van der Waals surface area contributed by atoms with Gasteiger partial charge in [0.25, 0.3) is 0 Å². The van der Waals surface area contributed by atoms with Crippen molar-refractivity contribution in [2.75, 3.05) is 22.5 Å². The molecule has 0 bridgehead atoms. The van der Waals surface area contributed by atoms with Gasteiger partial charge < -0.3 is 10.1 Å². The van der Waals surface area contributed by atoms with Crippen LogP contribution >= 0.6 is 11.6 Å². The van der Waals surface area contributed by atoms with Crippen molar-refractivity contribution >= 4 is 45.1 Å². The van der Waals surface area contributed by atoms with Gasteiger partial charge in [-0.25, -0.2) is 18.0 Å². The molecule has 144 valence electrons. The van der Waals surface area contributed by atoms with Gasteiger partial charge in [0, 0.05) is 10.7 Å². The summed E-state index contributed by atoms with van der Waals surface area (Å²) in [7, 11) is -3.98. The number of nitrogens with one attached hydrogen (secondary N) is 2. The van der Waals surface area contributed by atoms with E-state index in [9.17, 15) is 18.0 Å². The number of hydrogen-bond acceptors (Lipinski definition) is 5. The van der Waals surface area contributed by atoms with Crippen molar-refractivity contribution in [3.63, 3.8) is 0 Å². The number of imide groups is 1. The van der Waals surface area contributed by atoms with Crippen LogP contribution in [-0.4, -0.2) is 33.3 Å². The summed E-state index contributed by atoms with van der Waals surface area (Å²) in [6.07, 6.45) is 0.853. The Labute approximate surface area is 162 Å². The van der Waals surface area contributed by atoms with E-state index >= 15 is 0 Å². The van der Waals surface area contributed by atoms with E-state index in [2.05, 4.69) is 5.32 Å². The Hall–Kier alpha value is -2.78. The first-order valence-corrected chi connectivity index (χ1v) is 10.0. The average molecular weight is 412 g/mol. The van der Waals surface area contributed by atoms with Gasteiger partial charge in [0.2, 0.25) is 10.0 Å². The standard InChI is InChI=1S/C17H18ClN3O5S/c1-3-26-15-10-6-13(7-11-15)19-16(22)20-17(23)21(27(2,24)25)14-8-4-12(18)5-9-14/h4-11H,3H2,1-2H3,(H2,19,20,22,23). The second-order valence-corrected chi connectivity index (χ2v) is 7.61. The minimum absolute atomic E-state index is 0.0493.